The van der Waals surface area contributed by atoms with Crippen molar-refractivity contribution >= 4 is 17.7 Å². The lowest BCUT2D eigenvalue weighted by Gasteiger charge is -2.38. The summed E-state index contributed by atoms with van der Waals surface area (Å²) in [6.07, 6.45) is 3.95. The first kappa shape index (κ1) is 22.2. The number of rotatable bonds is 6. The Morgan fingerprint density at radius 2 is 1.81 bits per heavy atom. The molecule has 3 rings (SSSR count). The van der Waals surface area contributed by atoms with Gasteiger partial charge in [-0.15, -0.1) is 0 Å². The summed E-state index contributed by atoms with van der Waals surface area (Å²) in [7, 11) is 1.55. The predicted molar refractivity (Wildman–Crippen MR) is 113 cm³/mol. The first-order valence-corrected chi connectivity index (χ1v) is 10.3. The van der Waals surface area contributed by atoms with E-state index in [-0.39, 0.29) is 5.56 Å². The van der Waals surface area contributed by atoms with Gasteiger partial charge in [0, 0.05) is 7.05 Å². The lowest BCUT2D eigenvalue weighted by molar-refractivity contribution is -0.150. The van der Waals surface area contributed by atoms with Crippen LogP contribution in [-0.4, -0.2) is 51.5 Å². The van der Waals surface area contributed by atoms with E-state index in [4.69, 9.17) is 4.74 Å². The topological polar surface area (TPSA) is 105 Å². The first-order chi connectivity index (χ1) is 14.8. The van der Waals surface area contributed by atoms with E-state index in [0.29, 0.717) is 24.2 Å². The van der Waals surface area contributed by atoms with Crippen LogP contribution < -0.4 is 0 Å². The number of esters is 1. The minimum atomic E-state index is -1.12. The van der Waals surface area contributed by atoms with Crippen LogP contribution in [0.25, 0.3) is 5.69 Å². The Morgan fingerprint density at radius 3 is 2.42 bits per heavy atom. The van der Waals surface area contributed by atoms with Crippen molar-refractivity contribution in [1.29, 1.82) is 5.26 Å². The molecule has 1 saturated carbocycles. The molecule has 1 aromatic heterocycles. The first-order valence-electron chi connectivity index (χ1n) is 10.3. The molecule has 0 radical (unpaired) electrons. The molecule has 1 aliphatic rings. The Kier molecular flexibility index (Phi) is 6.54. The van der Waals surface area contributed by atoms with Gasteiger partial charge in [-0.3, -0.25) is 9.59 Å². The number of hydrogen-bond acceptors (Lipinski definition) is 6. The van der Waals surface area contributed by atoms with Crippen LogP contribution in [0.1, 0.15) is 53.8 Å². The molecule has 162 valence electrons. The summed E-state index contributed by atoms with van der Waals surface area (Å²) in [5.41, 5.74) is 0.963. The van der Waals surface area contributed by atoms with Crippen LogP contribution in [0.2, 0.25) is 0 Å². The van der Waals surface area contributed by atoms with Crippen molar-refractivity contribution in [3.8, 4) is 11.8 Å². The molecule has 8 heteroatoms. The number of ketones is 1. The highest BCUT2D eigenvalue weighted by molar-refractivity contribution is 6.41. The van der Waals surface area contributed by atoms with Gasteiger partial charge in [-0.2, -0.15) is 10.4 Å². The number of carbonyl (C=O) groups excluding carboxylic acids is 3. The highest BCUT2D eigenvalue weighted by Crippen LogP contribution is 2.32. The molecule has 0 aliphatic heterocycles. The van der Waals surface area contributed by atoms with E-state index in [1.807, 2.05) is 30.3 Å². The second-order valence-electron chi connectivity index (χ2n) is 7.86. The van der Waals surface area contributed by atoms with Gasteiger partial charge in [-0.05, 0) is 38.8 Å². The molecular formula is C23H26N4O4. The average Bonchev–Trinajstić information content (AvgIpc) is 3.10. The second-order valence-corrected chi connectivity index (χ2v) is 7.86. The zero-order valence-electron chi connectivity index (χ0n) is 18.1. The number of carbonyl (C=O) groups is 3. The number of Topliss-reactive ketones (excluding diaryl/α,β-unsaturated/α-hetero) is 1. The van der Waals surface area contributed by atoms with Crippen molar-refractivity contribution in [2.24, 2.45) is 0 Å². The van der Waals surface area contributed by atoms with Crippen LogP contribution >= 0.6 is 0 Å². The molecular weight excluding hydrogens is 396 g/mol. The largest absolute Gasteiger partial charge is 0.450 e. The number of likely N-dealkylation sites (N-methyl/N-ethyl adjacent to an activating group) is 1. The molecule has 31 heavy (non-hydrogen) atoms. The molecule has 8 nitrogen and oxygen atoms in total. The third-order valence-corrected chi connectivity index (χ3v) is 5.94. The summed E-state index contributed by atoms with van der Waals surface area (Å²) < 4.78 is 6.61. The Bertz CT molecular complexity index is 1030. The summed E-state index contributed by atoms with van der Waals surface area (Å²) in [5.74, 6) is -2.46. The van der Waals surface area contributed by atoms with Crippen LogP contribution in [0, 0.1) is 25.2 Å². The number of aryl methyl sites for hydroxylation is 1. The van der Waals surface area contributed by atoms with Crippen molar-refractivity contribution in [2.75, 3.05) is 13.7 Å². The molecule has 0 spiro atoms. The summed E-state index contributed by atoms with van der Waals surface area (Å²) in [5, 5.41) is 14.0. The minimum absolute atomic E-state index is 0.162. The van der Waals surface area contributed by atoms with Crippen LogP contribution in [-0.2, 0) is 14.3 Å². The fraction of sp³-hybridized carbons (Fsp3) is 0.435. The van der Waals surface area contributed by atoms with Crippen LogP contribution in [0.15, 0.2) is 30.3 Å². The monoisotopic (exact) mass is 422 g/mol. The molecule has 0 saturated heterocycles. The molecule has 1 fully saturated rings. The summed E-state index contributed by atoms with van der Waals surface area (Å²) >= 11 is 0. The Hall–Kier alpha value is -3.47. The smallest absolute Gasteiger partial charge is 0.380 e. The third kappa shape index (κ3) is 4.36. The van der Waals surface area contributed by atoms with Crippen molar-refractivity contribution in [3.63, 3.8) is 0 Å². The van der Waals surface area contributed by atoms with E-state index in [2.05, 4.69) is 11.2 Å². The number of nitriles is 1. The van der Waals surface area contributed by atoms with Crippen LogP contribution in [0.5, 0.6) is 0 Å². The molecule has 1 aromatic carbocycles. The highest BCUT2D eigenvalue weighted by atomic mass is 16.5. The van der Waals surface area contributed by atoms with E-state index >= 15 is 0 Å². The average molecular weight is 422 g/mol. The normalized spacial score (nSPS) is 15.0. The summed E-state index contributed by atoms with van der Waals surface area (Å²) in [6, 6.07) is 11.5. The van der Waals surface area contributed by atoms with Crippen LogP contribution in [0.4, 0.5) is 0 Å². The number of para-hydroxylation sites is 1. The fourth-order valence-corrected chi connectivity index (χ4v) is 4.08. The molecule has 1 amide bonds. The van der Waals surface area contributed by atoms with E-state index < -0.39 is 29.8 Å². The Morgan fingerprint density at radius 1 is 1.16 bits per heavy atom. The number of aromatic nitrogens is 2. The standard InChI is InChI=1S/C23H26N4O4/c1-16-20(17(2)27(25-16)18-10-6-4-7-11-18)21(29)22(30)31-14-19(28)26(3)23(15-24)12-8-5-9-13-23/h4,6-7,10-11H,5,8-9,12-14H2,1-3H3. The zero-order valence-corrected chi connectivity index (χ0v) is 18.1. The van der Waals surface area contributed by atoms with Gasteiger partial charge in [-0.1, -0.05) is 37.5 Å². The lowest BCUT2D eigenvalue weighted by atomic mass is 9.81. The molecule has 1 heterocycles. The van der Waals surface area contributed by atoms with Gasteiger partial charge >= 0.3 is 5.97 Å². The molecule has 0 N–H and O–H groups in total. The van der Waals surface area contributed by atoms with E-state index in [9.17, 15) is 19.6 Å². The molecule has 1 aliphatic carbocycles. The maximum atomic E-state index is 12.7. The number of nitrogens with zero attached hydrogens (tertiary/aromatic N) is 4. The Balaban J connectivity index is 1.69. The van der Waals surface area contributed by atoms with Gasteiger partial charge in [0.2, 0.25) is 0 Å². The van der Waals surface area contributed by atoms with E-state index in [1.54, 1.807) is 25.6 Å². The van der Waals surface area contributed by atoms with Crippen molar-refractivity contribution in [2.45, 2.75) is 51.5 Å². The maximum Gasteiger partial charge on any atom is 0.380 e. The Labute approximate surface area is 181 Å². The van der Waals surface area contributed by atoms with Crippen molar-refractivity contribution in [1.82, 2.24) is 14.7 Å². The van der Waals surface area contributed by atoms with Gasteiger partial charge in [-0.25, -0.2) is 9.48 Å². The number of ether oxygens (including phenoxy) is 1. The van der Waals surface area contributed by atoms with Gasteiger partial charge in [0.1, 0.15) is 5.54 Å². The van der Waals surface area contributed by atoms with E-state index in [1.165, 1.54) is 4.90 Å². The lowest BCUT2D eigenvalue weighted by Crippen LogP contribution is -2.51. The van der Waals surface area contributed by atoms with Crippen LogP contribution in [0.3, 0.4) is 0 Å². The van der Waals surface area contributed by atoms with Gasteiger partial charge in [0.05, 0.1) is 28.7 Å². The fourth-order valence-electron chi connectivity index (χ4n) is 4.08. The van der Waals surface area contributed by atoms with Crippen molar-refractivity contribution < 1.29 is 19.1 Å². The second kappa shape index (κ2) is 9.13. The predicted octanol–water partition coefficient (Wildman–Crippen LogP) is 2.90. The third-order valence-electron chi connectivity index (χ3n) is 5.94. The highest BCUT2D eigenvalue weighted by Gasteiger charge is 2.39. The number of amides is 1. The molecule has 2 aromatic rings. The van der Waals surface area contributed by atoms with Gasteiger partial charge in [0.15, 0.2) is 6.61 Å². The van der Waals surface area contributed by atoms with Gasteiger partial charge < -0.3 is 9.64 Å². The maximum absolute atomic E-state index is 12.7. The molecule has 0 unspecified atom stereocenters. The zero-order chi connectivity index (χ0) is 22.6. The SMILES string of the molecule is Cc1nn(-c2ccccc2)c(C)c1C(=O)C(=O)OCC(=O)N(C)C1(C#N)CCCCC1. The summed E-state index contributed by atoms with van der Waals surface area (Å²) in [6.45, 7) is 2.76. The summed E-state index contributed by atoms with van der Waals surface area (Å²) in [4.78, 5) is 39.0. The quantitative estimate of drug-likeness (QED) is 0.403. The minimum Gasteiger partial charge on any atom is -0.450 e. The molecule has 0 atom stereocenters. The molecule has 0 bridgehead atoms. The number of benzene rings is 1. The van der Waals surface area contributed by atoms with Crippen molar-refractivity contribution in [3.05, 3.63) is 47.3 Å². The number of hydrogen-bond donors (Lipinski definition) is 0. The van der Waals surface area contributed by atoms with E-state index in [0.717, 1.165) is 24.9 Å². The van der Waals surface area contributed by atoms with Gasteiger partial charge in [0.25, 0.3) is 11.7 Å².